The maximum atomic E-state index is 4.63. The highest BCUT2D eigenvalue weighted by Crippen LogP contribution is 2.19. The Morgan fingerprint density at radius 3 is 2.86 bits per heavy atom. The lowest BCUT2D eigenvalue weighted by Crippen LogP contribution is -2.39. The van der Waals surface area contributed by atoms with Crippen LogP contribution in [0.15, 0.2) is 24.4 Å². The normalized spacial score (nSPS) is 16.9. The SMILES string of the molecule is CC(C)(CNCc1ccc2cc[nH]c2n1)CN1CCCC1. The number of hydrogen-bond acceptors (Lipinski definition) is 3. The molecule has 1 aliphatic heterocycles. The second kappa shape index (κ2) is 6.16. The maximum absolute atomic E-state index is 4.63. The van der Waals surface area contributed by atoms with Gasteiger partial charge >= 0.3 is 0 Å². The van der Waals surface area contributed by atoms with E-state index >= 15 is 0 Å². The summed E-state index contributed by atoms with van der Waals surface area (Å²) < 4.78 is 0. The lowest BCUT2D eigenvalue weighted by atomic mass is 9.92. The fraction of sp³-hybridized carbons (Fsp3) is 0.588. The third-order valence-electron chi connectivity index (χ3n) is 4.23. The molecule has 4 heteroatoms. The van der Waals surface area contributed by atoms with Gasteiger partial charge in [0.1, 0.15) is 5.65 Å². The minimum Gasteiger partial charge on any atom is -0.346 e. The van der Waals surface area contributed by atoms with Crippen LogP contribution in [-0.4, -0.2) is 41.0 Å². The molecule has 2 aromatic heterocycles. The summed E-state index contributed by atoms with van der Waals surface area (Å²) in [6.07, 6.45) is 4.67. The number of pyridine rings is 1. The average molecular weight is 286 g/mol. The molecule has 114 valence electrons. The van der Waals surface area contributed by atoms with Gasteiger partial charge in [0, 0.05) is 31.2 Å². The van der Waals surface area contributed by atoms with Crippen LogP contribution in [0.5, 0.6) is 0 Å². The molecule has 4 nitrogen and oxygen atoms in total. The lowest BCUT2D eigenvalue weighted by molar-refractivity contribution is 0.203. The van der Waals surface area contributed by atoms with E-state index in [9.17, 15) is 0 Å². The largest absolute Gasteiger partial charge is 0.346 e. The number of nitrogens with zero attached hydrogens (tertiary/aromatic N) is 2. The Balaban J connectivity index is 1.49. The average Bonchev–Trinajstić information content (AvgIpc) is 3.08. The van der Waals surface area contributed by atoms with E-state index in [0.29, 0.717) is 5.41 Å². The summed E-state index contributed by atoms with van der Waals surface area (Å²) in [5.41, 5.74) is 2.38. The van der Waals surface area contributed by atoms with Crippen molar-refractivity contribution in [3.05, 3.63) is 30.1 Å². The molecule has 0 radical (unpaired) electrons. The molecular weight excluding hydrogens is 260 g/mol. The third-order valence-corrected chi connectivity index (χ3v) is 4.23. The fourth-order valence-electron chi connectivity index (χ4n) is 3.20. The number of rotatable bonds is 6. The predicted octanol–water partition coefficient (Wildman–Crippen LogP) is 2.77. The molecule has 2 aromatic rings. The summed E-state index contributed by atoms with van der Waals surface area (Å²) in [6.45, 7) is 10.3. The molecule has 1 saturated heterocycles. The highest BCUT2D eigenvalue weighted by molar-refractivity contribution is 5.75. The zero-order chi connectivity index (χ0) is 14.7. The first-order chi connectivity index (χ1) is 10.1. The quantitative estimate of drug-likeness (QED) is 0.858. The van der Waals surface area contributed by atoms with E-state index in [1.54, 1.807) is 0 Å². The van der Waals surface area contributed by atoms with Crippen LogP contribution in [-0.2, 0) is 6.54 Å². The van der Waals surface area contributed by atoms with Gasteiger partial charge in [0.25, 0.3) is 0 Å². The van der Waals surface area contributed by atoms with Crippen LogP contribution >= 0.6 is 0 Å². The van der Waals surface area contributed by atoms with Gasteiger partial charge in [-0.05, 0) is 49.5 Å². The smallest absolute Gasteiger partial charge is 0.137 e. The second-order valence-electron chi connectivity index (χ2n) is 6.97. The Bertz CT molecular complexity index is 581. The van der Waals surface area contributed by atoms with Crippen molar-refractivity contribution >= 4 is 11.0 Å². The first kappa shape index (κ1) is 14.5. The van der Waals surface area contributed by atoms with E-state index in [1.807, 2.05) is 6.20 Å². The summed E-state index contributed by atoms with van der Waals surface area (Å²) in [6, 6.07) is 6.29. The molecule has 3 heterocycles. The number of H-pyrrole nitrogens is 1. The van der Waals surface area contributed by atoms with Gasteiger partial charge in [0.15, 0.2) is 0 Å². The molecular formula is C17H26N4. The van der Waals surface area contributed by atoms with Crippen molar-refractivity contribution < 1.29 is 0 Å². The number of likely N-dealkylation sites (tertiary alicyclic amines) is 1. The van der Waals surface area contributed by atoms with Crippen LogP contribution in [0.2, 0.25) is 0 Å². The Hall–Kier alpha value is -1.39. The highest BCUT2D eigenvalue weighted by Gasteiger charge is 2.23. The van der Waals surface area contributed by atoms with Crippen LogP contribution in [0.3, 0.4) is 0 Å². The van der Waals surface area contributed by atoms with Crippen molar-refractivity contribution in [2.24, 2.45) is 5.41 Å². The Morgan fingerprint density at radius 1 is 1.24 bits per heavy atom. The van der Waals surface area contributed by atoms with Crippen molar-refractivity contribution in [2.75, 3.05) is 26.2 Å². The van der Waals surface area contributed by atoms with E-state index in [-0.39, 0.29) is 0 Å². The summed E-state index contributed by atoms with van der Waals surface area (Å²) >= 11 is 0. The molecule has 0 saturated carbocycles. The number of nitrogens with one attached hydrogen (secondary N) is 2. The van der Waals surface area contributed by atoms with Gasteiger partial charge in [-0.15, -0.1) is 0 Å². The van der Waals surface area contributed by atoms with Crippen molar-refractivity contribution in [3.63, 3.8) is 0 Å². The fourth-order valence-corrected chi connectivity index (χ4v) is 3.20. The molecule has 3 rings (SSSR count). The van der Waals surface area contributed by atoms with Gasteiger partial charge in [-0.1, -0.05) is 13.8 Å². The monoisotopic (exact) mass is 286 g/mol. The van der Waals surface area contributed by atoms with Crippen LogP contribution in [0.4, 0.5) is 0 Å². The van der Waals surface area contributed by atoms with Gasteiger partial charge in [-0.2, -0.15) is 0 Å². The molecule has 0 aromatic carbocycles. The van der Waals surface area contributed by atoms with Crippen molar-refractivity contribution in [3.8, 4) is 0 Å². The van der Waals surface area contributed by atoms with Crippen molar-refractivity contribution in [1.29, 1.82) is 0 Å². The number of aromatic nitrogens is 2. The molecule has 1 aliphatic rings. The topological polar surface area (TPSA) is 44.0 Å². The van der Waals surface area contributed by atoms with E-state index in [0.717, 1.165) is 24.4 Å². The zero-order valence-electron chi connectivity index (χ0n) is 13.2. The molecule has 0 amide bonds. The first-order valence-electron chi connectivity index (χ1n) is 7.99. The predicted molar refractivity (Wildman–Crippen MR) is 87.3 cm³/mol. The maximum Gasteiger partial charge on any atom is 0.137 e. The van der Waals surface area contributed by atoms with Gasteiger partial charge in [-0.3, -0.25) is 0 Å². The van der Waals surface area contributed by atoms with Gasteiger partial charge in [0.2, 0.25) is 0 Å². The van der Waals surface area contributed by atoms with Gasteiger partial charge < -0.3 is 15.2 Å². The molecule has 0 atom stereocenters. The van der Waals surface area contributed by atoms with Gasteiger partial charge in [-0.25, -0.2) is 4.98 Å². The number of fused-ring (bicyclic) bond motifs is 1. The molecule has 0 bridgehead atoms. The van der Waals surface area contributed by atoms with Crippen LogP contribution in [0.25, 0.3) is 11.0 Å². The second-order valence-corrected chi connectivity index (χ2v) is 6.97. The van der Waals surface area contributed by atoms with Crippen LogP contribution < -0.4 is 5.32 Å². The zero-order valence-corrected chi connectivity index (χ0v) is 13.2. The van der Waals surface area contributed by atoms with Gasteiger partial charge in [0.05, 0.1) is 5.69 Å². The summed E-state index contributed by atoms with van der Waals surface area (Å²) in [5, 5.41) is 4.74. The van der Waals surface area contributed by atoms with Crippen molar-refractivity contribution in [2.45, 2.75) is 33.2 Å². The van der Waals surface area contributed by atoms with Crippen LogP contribution in [0, 0.1) is 5.41 Å². The van der Waals surface area contributed by atoms with Crippen LogP contribution in [0.1, 0.15) is 32.4 Å². The molecule has 0 unspecified atom stereocenters. The summed E-state index contributed by atoms with van der Waals surface area (Å²) in [7, 11) is 0. The summed E-state index contributed by atoms with van der Waals surface area (Å²) in [4.78, 5) is 10.4. The Morgan fingerprint density at radius 2 is 2.05 bits per heavy atom. The molecule has 0 aliphatic carbocycles. The molecule has 1 fully saturated rings. The molecule has 0 spiro atoms. The Kier molecular flexibility index (Phi) is 4.27. The van der Waals surface area contributed by atoms with E-state index in [1.165, 1.54) is 37.9 Å². The van der Waals surface area contributed by atoms with E-state index in [2.05, 4.69) is 52.2 Å². The molecule has 21 heavy (non-hydrogen) atoms. The minimum absolute atomic E-state index is 0.306. The minimum atomic E-state index is 0.306. The summed E-state index contributed by atoms with van der Waals surface area (Å²) in [5.74, 6) is 0. The number of hydrogen-bond donors (Lipinski definition) is 2. The van der Waals surface area contributed by atoms with E-state index in [4.69, 9.17) is 0 Å². The lowest BCUT2D eigenvalue weighted by Gasteiger charge is -2.30. The van der Waals surface area contributed by atoms with E-state index < -0.39 is 0 Å². The third kappa shape index (κ3) is 3.83. The first-order valence-corrected chi connectivity index (χ1v) is 7.99. The Labute approximate surface area is 126 Å². The number of aromatic amines is 1. The highest BCUT2D eigenvalue weighted by atomic mass is 15.1. The standard InChI is InChI=1S/C17H26N4/c1-17(2,13-21-9-3-4-10-21)12-18-11-15-6-5-14-7-8-19-16(14)20-15/h5-8,18H,3-4,9-13H2,1-2H3,(H,19,20). The molecule has 2 N–H and O–H groups in total. The van der Waals surface area contributed by atoms with Crippen molar-refractivity contribution in [1.82, 2.24) is 20.2 Å².